The van der Waals surface area contributed by atoms with Gasteiger partial charge in [-0.2, -0.15) is 0 Å². The van der Waals surface area contributed by atoms with E-state index in [9.17, 15) is 0 Å². The van der Waals surface area contributed by atoms with Crippen molar-refractivity contribution >= 4 is 5.69 Å². The van der Waals surface area contributed by atoms with Crippen LogP contribution in [0, 0.1) is 5.92 Å². The van der Waals surface area contributed by atoms with Crippen LogP contribution in [-0.2, 0) is 6.42 Å². The van der Waals surface area contributed by atoms with Crippen LogP contribution in [0.3, 0.4) is 0 Å². The maximum atomic E-state index is 3.58. The summed E-state index contributed by atoms with van der Waals surface area (Å²) in [6.07, 6.45) is 7.80. The van der Waals surface area contributed by atoms with Crippen molar-refractivity contribution in [3.05, 3.63) is 29.8 Å². The van der Waals surface area contributed by atoms with Crippen LogP contribution in [0.4, 0.5) is 5.69 Å². The predicted molar refractivity (Wildman–Crippen MR) is 83.8 cm³/mol. The Balaban J connectivity index is 1.71. The minimum Gasteiger partial charge on any atom is -0.385 e. The summed E-state index contributed by atoms with van der Waals surface area (Å²) < 4.78 is 0. The molecule has 0 aromatic heterocycles. The molecule has 1 saturated heterocycles. The van der Waals surface area contributed by atoms with E-state index in [1.807, 2.05) is 0 Å². The largest absolute Gasteiger partial charge is 0.385 e. The molecule has 0 unspecified atom stereocenters. The van der Waals surface area contributed by atoms with Crippen LogP contribution >= 0.6 is 0 Å². The van der Waals surface area contributed by atoms with Crippen LogP contribution in [0.1, 0.15) is 44.6 Å². The molecule has 1 aromatic carbocycles. The summed E-state index contributed by atoms with van der Waals surface area (Å²) in [6.45, 7) is 5.75. The lowest BCUT2D eigenvalue weighted by Crippen LogP contribution is -2.31. The summed E-state index contributed by atoms with van der Waals surface area (Å²) in [4.78, 5) is 0. The number of benzene rings is 1. The third kappa shape index (κ3) is 5.23. The number of anilines is 1. The smallest absolute Gasteiger partial charge is 0.0340 e. The van der Waals surface area contributed by atoms with Gasteiger partial charge in [-0.1, -0.05) is 31.9 Å². The van der Waals surface area contributed by atoms with E-state index in [1.54, 1.807) is 0 Å². The highest BCUT2D eigenvalue weighted by Gasteiger charge is 2.12. The molecule has 0 radical (unpaired) electrons. The topological polar surface area (TPSA) is 24.1 Å². The van der Waals surface area contributed by atoms with Gasteiger partial charge < -0.3 is 10.6 Å². The molecule has 106 valence electrons. The van der Waals surface area contributed by atoms with Crippen LogP contribution in [0.5, 0.6) is 0 Å². The summed E-state index contributed by atoms with van der Waals surface area (Å²) in [5.74, 6) is 0.838. The standard InChI is InChI=1S/C17H28N2/c1-2-3-4-5-15-6-8-17(9-7-15)19-14-16-10-12-18-13-11-16/h6-9,16,18-19H,2-5,10-14H2,1H3. The minimum atomic E-state index is 0.838. The third-order valence-electron chi connectivity index (χ3n) is 4.08. The highest BCUT2D eigenvalue weighted by Crippen LogP contribution is 2.15. The number of aryl methyl sites for hydroxylation is 1. The Kier molecular flexibility index (Phi) is 6.22. The average molecular weight is 260 g/mol. The van der Waals surface area contributed by atoms with Gasteiger partial charge in [-0.15, -0.1) is 0 Å². The third-order valence-corrected chi connectivity index (χ3v) is 4.08. The maximum absolute atomic E-state index is 3.58. The van der Waals surface area contributed by atoms with E-state index in [2.05, 4.69) is 41.8 Å². The van der Waals surface area contributed by atoms with Crippen LogP contribution in [0.15, 0.2) is 24.3 Å². The van der Waals surface area contributed by atoms with E-state index in [0.29, 0.717) is 0 Å². The van der Waals surface area contributed by atoms with E-state index in [4.69, 9.17) is 0 Å². The highest BCUT2D eigenvalue weighted by molar-refractivity contribution is 5.44. The van der Waals surface area contributed by atoms with Crippen LogP contribution in [0.25, 0.3) is 0 Å². The molecule has 1 aromatic rings. The molecule has 19 heavy (non-hydrogen) atoms. The highest BCUT2D eigenvalue weighted by atomic mass is 14.9. The zero-order chi connectivity index (χ0) is 13.3. The minimum absolute atomic E-state index is 0.838. The fraction of sp³-hybridized carbons (Fsp3) is 0.647. The van der Waals surface area contributed by atoms with Crippen molar-refractivity contribution < 1.29 is 0 Å². The normalized spacial score (nSPS) is 16.5. The lowest BCUT2D eigenvalue weighted by Gasteiger charge is -2.23. The molecule has 0 saturated carbocycles. The molecule has 2 heteroatoms. The first-order valence-electron chi connectivity index (χ1n) is 7.92. The van der Waals surface area contributed by atoms with Crippen molar-refractivity contribution in [2.45, 2.75) is 45.4 Å². The Labute approximate surface area is 118 Å². The number of rotatable bonds is 7. The summed E-state index contributed by atoms with van der Waals surface area (Å²) in [7, 11) is 0. The Morgan fingerprint density at radius 3 is 2.53 bits per heavy atom. The van der Waals surface area contributed by atoms with Gasteiger partial charge in [0.05, 0.1) is 0 Å². The van der Waals surface area contributed by atoms with Crippen molar-refractivity contribution in [2.75, 3.05) is 25.0 Å². The van der Waals surface area contributed by atoms with Crippen molar-refractivity contribution in [2.24, 2.45) is 5.92 Å². The summed E-state index contributed by atoms with van der Waals surface area (Å²) >= 11 is 0. The second kappa shape index (κ2) is 8.21. The molecule has 1 aliphatic heterocycles. The molecule has 1 aliphatic rings. The molecule has 1 fully saturated rings. The lowest BCUT2D eigenvalue weighted by atomic mass is 9.98. The average Bonchev–Trinajstić information content (AvgIpc) is 2.48. The summed E-state index contributed by atoms with van der Waals surface area (Å²) in [5.41, 5.74) is 2.75. The van der Waals surface area contributed by atoms with E-state index in [1.165, 1.54) is 62.9 Å². The molecular formula is C17H28N2. The number of hydrogen-bond donors (Lipinski definition) is 2. The van der Waals surface area contributed by atoms with Crippen molar-refractivity contribution in [3.63, 3.8) is 0 Å². The second-order valence-corrected chi connectivity index (χ2v) is 5.73. The zero-order valence-electron chi connectivity index (χ0n) is 12.3. The molecular weight excluding hydrogens is 232 g/mol. The molecule has 0 aliphatic carbocycles. The van der Waals surface area contributed by atoms with Gasteiger partial charge in [0.25, 0.3) is 0 Å². The van der Waals surface area contributed by atoms with E-state index in [0.717, 1.165) is 12.5 Å². The Morgan fingerprint density at radius 2 is 1.84 bits per heavy atom. The number of nitrogens with one attached hydrogen (secondary N) is 2. The predicted octanol–water partition coefficient (Wildman–Crippen LogP) is 3.83. The molecule has 0 spiro atoms. The van der Waals surface area contributed by atoms with Gasteiger partial charge in [0, 0.05) is 12.2 Å². The first-order valence-corrected chi connectivity index (χ1v) is 7.92. The Hall–Kier alpha value is -1.02. The Bertz CT molecular complexity index is 339. The second-order valence-electron chi connectivity index (χ2n) is 5.73. The summed E-state index contributed by atoms with van der Waals surface area (Å²) in [5, 5.41) is 7.00. The molecule has 0 amide bonds. The number of piperidine rings is 1. The van der Waals surface area contributed by atoms with Crippen molar-refractivity contribution in [3.8, 4) is 0 Å². The maximum Gasteiger partial charge on any atom is 0.0340 e. The van der Waals surface area contributed by atoms with Crippen molar-refractivity contribution in [1.29, 1.82) is 0 Å². The van der Waals surface area contributed by atoms with Gasteiger partial charge in [-0.25, -0.2) is 0 Å². The summed E-state index contributed by atoms with van der Waals surface area (Å²) in [6, 6.07) is 9.03. The van der Waals surface area contributed by atoms with Gasteiger partial charge in [0.1, 0.15) is 0 Å². The van der Waals surface area contributed by atoms with Crippen LogP contribution in [0.2, 0.25) is 0 Å². The quantitative estimate of drug-likeness (QED) is 0.728. The van der Waals surface area contributed by atoms with E-state index in [-0.39, 0.29) is 0 Å². The van der Waals surface area contributed by atoms with Gasteiger partial charge >= 0.3 is 0 Å². The lowest BCUT2D eigenvalue weighted by molar-refractivity contribution is 0.390. The van der Waals surface area contributed by atoms with Gasteiger partial charge in [-0.3, -0.25) is 0 Å². The number of unbranched alkanes of at least 4 members (excludes halogenated alkanes) is 2. The monoisotopic (exact) mass is 260 g/mol. The van der Waals surface area contributed by atoms with Crippen LogP contribution in [-0.4, -0.2) is 19.6 Å². The van der Waals surface area contributed by atoms with Gasteiger partial charge in [-0.05, 0) is 62.4 Å². The number of hydrogen-bond acceptors (Lipinski definition) is 2. The van der Waals surface area contributed by atoms with Crippen LogP contribution < -0.4 is 10.6 Å². The fourth-order valence-electron chi connectivity index (χ4n) is 2.72. The first kappa shape index (κ1) is 14.4. The zero-order valence-corrected chi connectivity index (χ0v) is 12.3. The molecule has 0 atom stereocenters. The Morgan fingerprint density at radius 1 is 1.11 bits per heavy atom. The van der Waals surface area contributed by atoms with Crippen molar-refractivity contribution in [1.82, 2.24) is 5.32 Å². The fourth-order valence-corrected chi connectivity index (χ4v) is 2.72. The molecule has 2 N–H and O–H groups in total. The van der Waals surface area contributed by atoms with E-state index >= 15 is 0 Å². The molecule has 0 bridgehead atoms. The SMILES string of the molecule is CCCCCc1ccc(NCC2CCNCC2)cc1. The first-order chi connectivity index (χ1) is 9.38. The van der Waals surface area contributed by atoms with Gasteiger partial charge in [0.15, 0.2) is 0 Å². The molecule has 2 rings (SSSR count). The molecule has 2 nitrogen and oxygen atoms in total. The molecule has 1 heterocycles. The van der Waals surface area contributed by atoms with Gasteiger partial charge in [0.2, 0.25) is 0 Å². The van der Waals surface area contributed by atoms with E-state index < -0.39 is 0 Å².